The van der Waals surface area contributed by atoms with Gasteiger partial charge in [-0.1, -0.05) is 62.4 Å². The van der Waals surface area contributed by atoms with Crippen LogP contribution in [0.25, 0.3) is 54.7 Å². The Morgan fingerprint density at radius 1 is 0.973 bits per heavy atom. The lowest BCUT2D eigenvalue weighted by Gasteiger charge is -2.21. The Balaban J connectivity index is 1.60. The lowest BCUT2D eigenvalue weighted by Crippen LogP contribution is -2.41. The highest BCUT2D eigenvalue weighted by molar-refractivity contribution is 6.16. The molecular weight excluding hydrogens is 458 g/mol. The van der Waals surface area contributed by atoms with E-state index >= 15 is 0 Å². The minimum absolute atomic E-state index is 0.147. The van der Waals surface area contributed by atoms with Crippen LogP contribution in [-0.2, 0) is 11.8 Å². The van der Waals surface area contributed by atoms with Crippen LogP contribution >= 0.6 is 0 Å². The summed E-state index contributed by atoms with van der Waals surface area (Å²) in [5.74, 6) is -1.05. The Bertz CT molecular complexity index is 1950. The Morgan fingerprint density at radius 2 is 1.68 bits per heavy atom. The second kappa shape index (κ2) is 6.94. The van der Waals surface area contributed by atoms with Gasteiger partial charge < -0.3 is 14.4 Å². The number of rotatable bonds is 2. The molecule has 8 rings (SSSR count). The van der Waals surface area contributed by atoms with Gasteiger partial charge in [0.25, 0.3) is 12.0 Å². The maximum absolute atomic E-state index is 11.7. The van der Waals surface area contributed by atoms with E-state index < -0.39 is 5.79 Å². The first-order valence-corrected chi connectivity index (χ1v) is 13.0. The molecule has 5 nitrogen and oxygen atoms in total. The summed E-state index contributed by atoms with van der Waals surface area (Å²) in [5.41, 5.74) is 6.88. The highest BCUT2D eigenvalue weighted by Gasteiger charge is 2.74. The summed E-state index contributed by atoms with van der Waals surface area (Å²) >= 11 is 0. The number of aliphatic hydroxyl groups is 1. The van der Waals surface area contributed by atoms with E-state index in [2.05, 4.69) is 96.8 Å². The number of methoxy groups -OCH3 is 1. The molecule has 182 valence electrons. The zero-order valence-corrected chi connectivity index (χ0v) is 21.4. The predicted octanol–water partition coefficient (Wildman–Crippen LogP) is 6.10. The zero-order chi connectivity index (χ0) is 25.2. The molecule has 37 heavy (non-hydrogen) atoms. The van der Waals surface area contributed by atoms with Crippen molar-refractivity contribution in [3.8, 4) is 11.3 Å². The van der Waals surface area contributed by atoms with E-state index in [4.69, 9.17) is 9.72 Å². The molecule has 3 unspecified atom stereocenters. The van der Waals surface area contributed by atoms with E-state index in [1.165, 1.54) is 43.6 Å². The van der Waals surface area contributed by atoms with Crippen molar-refractivity contribution in [2.24, 2.45) is 7.05 Å². The van der Waals surface area contributed by atoms with Crippen LogP contribution in [0.2, 0.25) is 0 Å². The van der Waals surface area contributed by atoms with E-state index in [9.17, 15) is 5.11 Å². The maximum Gasteiger partial charge on any atom is 0.289 e. The summed E-state index contributed by atoms with van der Waals surface area (Å²) in [6.07, 6.45) is 1.90. The van der Waals surface area contributed by atoms with Gasteiger partial charge in [0.2, 0.25) is 5.79 Å². The molecule has 0 bridgehead atoms. The van der Waals surface area contributed by atoms with Gasteiger partial charge in [-0.05, 0) is 61.8 Å². The number of nitrogens with zero attached hydrogens (tertiary/aromatic N) is 3. The van der Waals surface area contributed by atoms with Crippen LogP contribution in [0.5, 0.6) is 0 Å². The third-order valence-electron chi connectivity index (χ3n) is 8.84. The predicted molar refractivity (Wildman–Crippen MR) is 147 cm³/mol. The summed E-state index contributed by atoms with van der Waals surface area (Å²) < 4.78 is 10.2. The van der Waals surface area contributed by atoms with Gasteiger partial charge in [0.05, 0.1) is 11.4 Å². The van der Waals surface area contributed by atoms with E-state index in [1.54, 1.807) is 7.11 Å². The van der Waals surface area contributed by atoms with E-state index in [-0.39, 0.29) is 12.0 Å². The molecule has 3 heterocycles. The summed E-state index contributed by atoms with van der Waals surface area (Å²) in [5, 5.41) is 18.9. The standard InChI is InChI=1S/C32H28N3O2/c1-17(2)22-15-24-26(21-12-8-7-11-20(21)22)28-30(32(28,36)37-4)35-16-33-31-27(29(24)35)23-13-18-9-5-6-10-19(18)14-25(23)34(31)3/h5-17,28,30,36H,1-4H3/q+1. The van der Waals surface area contributed by atoms with Gasteiger partial charge in [0, 0.05) is 25.1 Å². The van der Waals surface area contributed by atoms with Crippen molar-refractivity contribution in [3.05, 3.63) is 84.2 Å². The normalized spacial score (nSPS) is 22.1. The molecule has 1 saturated carbocycles. The number of hydrogen-bond donors (Lipinski definition) is 1. The summed E-state index contributed by atoms with van der Waals surface area (Å²) in [4.78, 5) is 4.95. The fourth-order valence-corrected chi connectivity index (χ4v) is 7.02. The van der Waals surface area contributed by atoms with E-state index in [1.807, 2.05) is 6.33 Å². The average molecular weight is 487 g/mol. The third kappa shape index (κ3) is 2.51. The zero-order valence-electron chi connectivity index (χ0n) is 21.4. The molecule has 0 saturated heterocycles. The molecule has 5 heteroatoms. The molecule has 1 aliphatic carbocycles. The summed E-state index contributed by atoms with van der Waals surface area (Å²) in [6, 6.07) is 23.8. The van der Waals surface area contributed by atoms with Crippen molar-refractivity contribution in [2.75, 3.05) is 7.11 Å². The molecule has 2 aliphatic rings. The molecular formula is C32H28N3O2+. The highest BCUT2D eigenvalue weighted by atomic mass is 16.6. The minimum atomic E-state index is -1.26. The van der Waals surface area contributed by atoms with Gasteiger partial charge in [0.1, 0.15) is 11.1 Å². The van der Waals surface area contributed by atoms with Crippen LogP contribution in [0.3, 0.4) is 0 Å². The van der Waals surface area contributed by atoms with Crippen LogP contribution in [-0.4, -0.2) is 27.6 Å². The molecule has 1 N–H and O–H groups in total. The maximum atomic E-state index is 11.7. The van der Waals surface area contributed by atoms with Crippen molar-refractivity contribution in [1.82, 2.24) is 9.55 Å². The van der Waals surface area contributed by atoms with E-state index in [0.717, 1.165) is 22.2 Å². The molecule has 0 radical (unpaired) electrons. The topological polar surface area (TPSA) is 51.2 Å². The number of aryl methyl sites for hydroxylation is 1. The molecule has 1 aliphatic heterocycles. The Morgan fingerprint density at radius 3 is 2.41 bits per heavy atom. The molecule has 3 atom stereocenters. The fourth-order valence-electron chi connectivity index (χ4n) is 7.02. The number of ether oxygens (including phenoxy) is 1. The number of benzene rings is 4. The Labute approximate surface area is 214 Å². The summed E-state index contributed by atoms with van der Waals surface area (Å²) in [7, 11) is 3.71. The lowest BCUT2D eigenvalue weighted by molar-refractivity contribution is -0.704. The first-order chi connectivity index (χ1) is 17.9. The number of fused-ring (bicyclic) bond motifs is 13. The third-order valence-corrected chi connectivity index (χ3v) is 8.84. The van der Waals surface area contributed by atoms with Crippen LogP contribution in [0.1, 0.15) is 42.9 Å². The van der Waals surface area contributed by atoms with Crippen LogP contribution in [0.4, 0.5) is 0 Å². The summed E-state index contributed by atoms with van der Waals surface area (Å²) in [6.45, 7) is 4.51. The van der Waals surface area contributed by atoms with Gasteiger partial charge in [-0.3, -0.25) is 0 Å². The van der Waals surface area contributed by atoms with Gasteiger partial charge in [-0.2, -0.15) is 0 Å². The van der Waals surface area contributed by atoms with Gasteiger partial charge in [-0.15, -0.1) is 0 Å². The smallest absolute Gasteiger partial charge is 0.289 e. The second-order valence-corrected chi connectivity index (χ2v) is 11.0. The highest BCUT2D eigenvalue weighted by Crippen LogP contribution is 2.65. The van der Waals surface area contributed by atoms with Gasteiger partial charge >= 0.3 is 0 Å². The van der Waals surface area contributed by atoms with Crippen molar-refractivity contribution >= 4 is 43.5 Å². The molecule has 6 aromatic rings. The second-order valence-electron chi connectivity index (χ2n) is 11.0. The first-order valence-electron chi connectivity index (χ1n) is 13.0. The molecule has 1 fully saturated rings. The SMILES string of the molecule is COC1(O)C2c3c(cc(C(C)C)c4ccccc34)-c3c4c5cc6ccccc6cc5n(C)c4nc[n+]3C21. The van der Waals surface area contributed by atoms with Crippen molar-refractivity contribution < 1.29 is 14.4 Å². The van der Waals surface area contributed by atoms with E-state index in [0.29, 0.717) is 5.92 Å². The molecule has 2 aromatic heterocycles. The average Bonchev–Trinajstić information content (AvgIpc) is 3.46. The largest absolute Gasteiger partial charge is 0.362 e. The van der Waals surface area contributed by atoms with Crippen LogP contribution < -0.4 is 4.57 Å². The first kappa shape index (κ1) is 21.3. The van der Waals surface area contributed by atoms with Gasteiger partial charge in [-0.25, -0.2) is 4.57 Å². The van der Waals surface area contributed by atoms with Crippen molar-refractivity contribution in [2.45, 2.75) is 37.5 Å². The quantitative estimate of drug-likeness (QED) is 0.238. The Hall–Kier alpha value is -3.80. The van der Waals surface area contributed by atoms with Gasteiger partial charge in [0.15, 0.2) is 6.04 Å². The number of aromatic nitrogens is 3. The van der Waals surface area contributed by atoms with Crippen molar-refractivity contribution in [1.29, 1.82) is 0 Å². The number of hydrogen-bond acceptors (Lipinski definition) is 3. The van der Waals surface area contributed by atoms with Crippen LogP contribution in [0.15, 0.2) is 73.1 Å². The van der Waals surface area contributed by atoms with Crippen LogP contribution in [0, 0.1) is 0 Å². The molecule has 0 spiro atoms. The molecule has 0 amide bonds. The van der Waals surface area contributed by atoms with Crippen molar-refractivity contribution in [3.63, 3.8) is 0 Å². The Kier molecular flexibility index (Phi) is 4.00. The fraction of sp³-hybridized carbons (Fsp3) is 0.250. The molecule has 4 aromatic carbocycles. The lowest BCUT2D eigenvalue weighted by atomic mass is 9.84. The monoisotopic (exact) mass is 486 g/mol. The minimum Gasteiger partial charge on any atom is -0.362 e.